The van der Waals surface area contributed by atoms with Crippen LogP contribution in [0.1, 0.15) is 16.7 Å². The van der Waals surface area contributed by atoms with Crippen LogP contribution in [-0.4, -0.2) is 4.57 Å². The van der Waals surface area contributed by atoms with Crippen LogP contribution in [0.15, 0.2) is 70.1 Å². The molecule has 0 aliphatic rings. The van der Waals surface area contributed by atoms with E-state index in [0.29, 0.717) is 11.1 Å². The monoisotopic (exact) mass is 455 g/mol. The van der Waals surface area contributed by atoms with E-state index in [2.05, 4.69) is 15.9 Å². The minimum atomic E-state index is -4.39. The molecule has 3 aromatic rings. The second-order valence-electron chi connectivity index (χ2n) is 6.04. The minimum Gasteiger partial charge on any atom is -0.487 e. The van der Waals surface area contributed by atoms with Crippen LogP contribution >= 0.6 is 15.9 Å². The Morgan fingerprint density at radius 1 is 1.00 bits per heavy atom. The molecule has 146 valence electrons. The highest BCUT2D eigenvalue weighted by atomic mass is 79.9. The molecule has 1 aromatic heterocycles. The molecule has 3 nitrogen and oxygen atoms in total. The molecular weight excluding hydrogens is 442 g/mol. The molecule has 0 amide bonds. The van der Waals surface area contributed by atoms with Gasteiger partial charge in [-0.05, 0) is 57.4 Å². The first-order valence-electron chi connectivity index (χ1n) is 8.16. The fraction of sp³-hybridized carbons (Fsp3) is 0.150. The first-order chi connectivity index (χ1) is 13.2. The summed E-state index contributed by atoms with van der Waals surface area (Å²) in [6.45, 7) is 0.193. The second kappa shape index (κ2) is 8.18. The van der Waals surface area contributed by atoms with E-state index in [-0.39, 0.29) is 34.8 Å². The summed E-state index contributed by atoms with van der Waals surface area (Å²) in [5, 5.41) is 0. The fourth-order valence-corrected chi connectivity index (χ4v) is 3.02. The number of halogens is 5. The van der Waals surface area contributed by atoms with Crippen molar-refractivity contribution in [2.45, 2.75) is 19.3 Å². The molecule has 0 unspecified atom stereocenters. The zero-order valence-corrected chi connectivity index (χ0v) is 15.9. The van der Waals surface area contributed by atoms with Gasteiger partial charge in [0, 0.05) is 6.20 Å². The number of nitrogens with zero attached hydrogens (tertiary/aromatic N) is 1. The van der Waals surface area contributed by atoms with Gasteiger partial charge in [0.15, 0.2) is 0 Å². The van der Waals surface area contributed by atoms with Crippen molar-refractivity contribution in [2.75, 3.05) is 0 Å². The number of hydrogen-bond acceptors (Lipinski definition) is 2. The molecule has 0 spiro atoms. The standard InChI is InChI=1S/C20H14BrF4NO2/c21-18-17(28-12-13-4-6-15(7-5-13)20(23,24)25)8-9-26(19(18)27)11-14-2-1-3-16(22)10-14/h1-10H,11-12H2. The summed E-state index contributed by atoms with van der Waals surface area (Å²) < 4.78 is 58.2. The third-order valence-corrected chi connectivity index (χ3v) is 4.72. The average Bonchev–Trinajstić information content (AvgIpc) is 2.65. The maximum Gasteiger partial charge on any atom is 0.416 e. The maximum atomic E-state index is 13.3. The fourth-order valence-electron chi connectivity index (χ4n) is 2.55. The summed E-state index contributed by atoms with van der Waals surface area (Å²) in [6, 6.07) is 12.1. The summed E-state index contributed by atoms with van der Waals surface area (Å²) in [5.74, 6) is -0.124. The molecule has 3 rings (SSSR count). The molecule has 0 saturated heterocycles. The zero-order valence-electron chi connectivity index (χ0n) is 14.3. The molecule has 0 aliphatic carbocycles. The molecule has 8 heteroatoms. The number of benzene rings is 2. The predicted octanol–water partition coefficient (Wildman–Crippen LogP) is 5.40. The normalized spacial score (nSPS) is 11.5. The van der Waals surface area contributed by atoms with Gasteiger partial charge < -0.3 is 9.30 Å². The molecule has 0 bridgehead atoms. The van der Waals surface area contributed by atoms with Crippen LogP contribution in [0, 0.1) is 5.82 Å². The zero-order chi connectivity index (χ0) is 20.3. The Morgan fingerprint density at radius 2 is 1.71 bits per heavy atom. The number of rotatable bonds is 5. The Bertz CT molecular complexity index is 1030. The van der Waals surface area contributed by atoms with Crippen molar-refractivity contribution in [1.29, 1.82) is 0 Å². The Balaban J connectivity index is 1.71. The highest BCUT2D eigenvalue weighted by Gasteiger charge is 2.29. The van der Waals surface area contributed by atoms with E-state index in [9.17, 15) is 22.4 Å². The lowest BCUT2D eigenvalue weighted by Gasteiger charge is -2.12. The minimum absolute atomic E-state index is 0.00405. The van der Waals surface area contributed by atoms with Crippen LogP contribution < -0.4 is 10.3 Å². The van der Waals surface area contributed by atoms with Gasteiger partial charge in [-0.2, -0.15) is 13.2 Å². The van der Waals surface area contributed by atoms with Gasteiger partial charge in [0.2, 0.25) is 0 Å². The average molecular weight is 456 g/mol. The molecule has 0 fully saturated rings. The summed E-state index contributed by atoms with van der Waals surface area (Å²) in [6.07, 6.45) is -2.88. The Hall–Kier alpha value is -2.61. The van der Waals surface area contributed by atoms with Gasteiger partial charge in [0.1, 0.15) is 22.6 Å². The first-order valence-corrected chi connectivity index (χ1v) is 8.95. The lowest BCUT2D eigenvalue weighted by atomic mass is 10.1. The van der Waals surface area contributed by atoms with Crippen LogP contribution in [-0.2, 0) is 19.3 Å². The predicted molar refractivity (Wildman–Crippen MR) is 99.7 cm³/mol. The number of ether oxygens (including phenoxy) is 1. The Labute approximate surface area is 166 Å². The summed E-state index contributed by atoms with van der Waals surface area (Å²) >= 11 is 3.19. The van der Waals surface area contributed by atoms with E-state index in [1.54, 1.807) is 18.2 Å². The summed E-state index contributed by atoms with van der Waals surface area (Å²) in [7, 11) is 0. The number of hydrogen-bond donors (Lipinski definition) is 0. The molecule has 0 saturated carbocycles. The van der Waals surface area contributed by atoms with Crippen LogP contribution in [0.2, 0.25) is 0 Å². The number of pyridine rings is 1. The van der Waals surface area contributed by atoms with Crippen molar-refractivity contribution in [3.8, 4) is 5.75 Å². The van der Waals surface area contributed by atoms with Gasteiger partial charge in [-0.1, -0.05) is 24.3 Å². The first kappa shape index (κ1) is 20.1. The third kappa shape index (κ3) is 4.81. The van der Waals surface area contributed by atoms with E-state index in [1.807, 2.05) is 0 Å². The van der Waals surface area contributed by atoms with Crippen LogP contribution in [0.5, 0.6) is 5.75 Å². The van der Waals surface area contributed by atoms with Crippen LogP contribution in [0.3, 0.4) is 0 Å². The smallest absolute Gasteiger partial charge is 0.416 e. The van der Waals surface area contributed by atoms with Gasteiger partial charge >= 0.3 is 6.18 Å². The Kier molecular flexibility index (Phi) is 5.88. The molecule has 0 atom stereocenters. The molecule has 0 radical (unpaired) electrons. The van der Waals surface area contributed by atoms with Gasteiger partial charge in [0.25, 0.3) is 5.56 Å². The van der Waals surface area contributed by atoms with Crippen LogP contribution in [0.4, 0.5) is 17.6 Å². The SMILES string of the molecule is O=c1c(Br)c(OCc2ccc(C(F)(F)F)cc2)ccn1Cc1cccc(F)c1. The molecule has 0 aliphatic heterocycles. The highest BCUT2D eigenvalue weighted by Crippen LogP contribution is 2.29. The lowest BCUT2D eigenvalue weighted by molar-refractivity contribution is -0.137. The molecular formula is C20H14BrF4NO2. The van der Waals surface area contributed by atoms with Crippen molar-refractivity contribution < 1.29 is 22.3 Å². The summed E-state index contributed by atoms with van der Waals surface area (Å²) in [4.78, 5) is 12.5. The molecule has 0 N–H and O–H groups in total. The Morgan fingerprint density at radius 3 is 2.36 bits per heavy atom. The van der Waals surface area contributed by atoms with Gasteiger partial charge in [0.05, 0.1) is 12.1 Å². The second-order valence-corrected chi connectivity index (χ2v) is 6.83. The van der Waals surface area contributed by atoms with Crippen molar-refractivity contribution >= 4 is 15.9 Å². The largest absolute Gasteiger partial charge is 0.487 e. The van der Waals surface area contributed by atoms with E-state index in [4.69, 9.17) is 4.74 Å². The topological polar surface area (TPSA) is 31.2 Å². The van der Waals surface area contributed by atoms with Crippen molar-refractivity contribution in [2.24, 2.45) is 0 Å². The number of alkyl halides is 3. The quantitative estimate of drug-likeness (QED) is 0.482. The van der Waals surface area contributed by atoms with Crippen LogP contribution in [0.25, 0.3) is 0 Å². The molecule has 28 heavy (non-hydrogen) atoms. The summed E-state index contributed by atoms with van der Waals surface area (Å²) in [5.41, 5.74) is 0.0582. The highest BCUT2D eigenvalue weighted by molar-refractivity contribution is 9.10. The van der Waals surface area contributed by atoms with E-state index in [1.165, 1.54) is 35.0 Å². The van der Waals surface area contributed by atoms with Gasteiger partial charge in [-0.3, -0.25) is 4.79 Å². The maximum absolute atomic E-state index is 13.3. The molecule has 1 heterocycles. The van der Waals surface area contributed by atoms with Crippen molar-refractivity contribution in [3.05, 3.63) is 98.1 Å². The third-order valence-electron chi connectivity index (χ3n) is 3.99. The van der Waals surface area contributed by atoms with Crippen molar-refractivity contribution in [1.82, 2.24) is 4.57 Å². The van der Waals surface area contributed by atoms with Crippen molar-refractivity contribution in [3.63, 3.8) is 0 Å². The van der Waals surface area contributed by atoms with Gasteiger partial charge in [-0.25, -0.2) is 4.39 Å². The van der Waals surface area contributed by atoms with E-state index >= 15 is 0 Å². The van der Waals surface area contributed by atoms with E-state index in [0.717, 1.165) is 12.1 Å². The van der Waals surface area contributed by atoms with E-state index < -0.39 is 11.7 Å². The number of aromatic nitrogens is 1. The molecule has 2 aromatic carbocycles. The lowest BCUT2D eigenvalue weighted by Crippen LogP contribution is -2.21. The van der Waals surface area contributed by atoms with Gasteiger partial charge in [-0.15, -0.1) is 0 Å².